The maximum atomic E-state index is 8.62. The summed E-state index contributed by atoms with van der Waals surface area (Å²) in [7, 11) is 1.64. The van der Waals surface area contributed by atoms with Gasteiger partial charge < -0.3 is 9.26 Å². The van der Waals surface area contributed by atoms with Crippen molar-refractivity contribution >= 4 is 0 Å². The molecule has 5 heteroatoms. The van der Waals surface area contributed by atoms with Crippen LogP contribution in [0.4, 0.5) is 0 Å². The third-order valence-corrected chi connectivity index (χ3v) is 2.70. The fourth-order valence-corrected chi connectivity index (χ4v) is 1.83. The Kier molecular flexibility index (Phi) is 4.85. The molecule has 2 unspecified atom stereocenters. The number of methoxy groups -OCH3 is 1. The number of nitriles is 1. The SMILES string of the molecule is COC(c1noc(CC(C)CC#N)n1)C(C)(C)C. The van der Waals surface area contributed by atoms with Crippen LogP contribution in [0, 0.1) is 22.7 Å². The lowest BCUT2D eigenvalue weighted by molar-refractivity contribution is 0.00718. The second-order valence-electron chi connectivity index (χ2n) is 5.70. The molecule has 2 atom stereocenters. The molecule has 0 aromatic carbocycles. The molecule has 0 aliphatic rings. The van der Waals surface area contributed by atoms with E-state index in [1.807, 2.05) is 6.92 Å². The van der Waals surface area contributed by atoms with E-state index in [9.17, 15) is 0 Å². The van der Waals surface area contributed by atoms with E-state index in [1.165, 1.54) is 0 Å². The van der Waals surface area contributed by atoms with Gasteiger partial charge in [-0.05, 0) is 11.3 Å². The van der Waals surface area contributed by atoms with Crippen LogP contribution in [0.2, 0.25) is 0 Å². The number of rotatable bonds is 5. The van der Waals surface area contributed by atoms with Crippen molar-refractivity contribution < 1.29 is 9.26 Å². The summed E-state index contributed by atoms with van der Waals surface area (Å²) in [5, 5.41) is 12.6. The molecule has 18 heavy (non-hydrogen) atoms. The Balaban J connectivity index is 2.77. The highest BCUT2D eigenvalue weighted by Gasteiger charge is 2.30. The van der Waals surface area contributed by atoms with E-state index in [-0.39, 0.29) is 17.4 Å². The van der Waals surface area contributed by atoms with Crippen LogP contribution in [0.1, 0.15) is 51.9 Å². The van der Waals surface area contributed by atoms with Crippen molar-refractivity contribution in [3.05, 3.63) is 11.7 Å². The zero-order chi connectivity index (χ0) is 13.8. The van der Waals surface area contributed by atoms with E-state index >= 15 is 0 Å². The average molecular weight is 251 g/mol. The average Bonchev–Trinajstić information content (AvgIpc) is 2.65. The van der Waals surface area contributed by atoms with Gasteiger partial charge in [-0.2, -0.15) is 10.2 Å². The van der Waals surface area contributed by atoms with Gasteiger partial charge in [0, 0.05) is 20.0 Å². The maximum Gasteiger partial charge on any atom is 0.227 e. The lowest BCUT2D eigenvalue weighted by Gasteiger charge is -2.26. The number of nitrogens with zero attached hydrogens (tertiary/aromatic N) is 3. The molecule has 5 nitrogen and oxygen atoms in total. The molecular formula is C13H21N3O2. The fourth-order valence-electron chi connectivity index (χ4n) is 1.83. The van der Waals surface area contributed by atoms with E-state index in [2.05, 4.69) is 37.0 Å². The van der Waals surface area contributed by atoms with Crippen molar-refractivity contribution in [3.63, 3.8) is 0 Å². The third-order valence-electron chi connectivity index (χ3n) is 2.70. The van der Waals surface area contributed by atoms with Gasteiger partial charge in [0.25, 0.3) is 0 Å². The molecule has 0 bridgehead atoms. The van der Waals surface area contributed by atoms with Crippen molar-refractivity contribution in [2.75, 3.05) is 7.11 Å². The van der Waals surface area contributed by atoms with Gasteiger partial charge in [0.1, 0.15) is 6.10 Å². The third kappa shape index (κ3) is 3.81. The molecule has 1 heterocycles. The van der Waals surface area contributed by atoms with Gasteiger partial charge in [-0.25, -0.2) is 0 Å². The second kappa shape index (κ2) is 5.96. The van der Waals surface area contributed by atoms with Crippen LogP contribution in [-0.2, 0) is 11.2 Å². The summed E-state index contributed by atoms with van der Waals surface area (Å²) in [6, 6.07) is 2.14. The Labute approximate surface area is 108 Å². The Bertz CT molecular complexity index is 415. The highest BCUT2D eigenvalue weighted by Crippen LogP contribution is 2.33. The molecule has 0 saturated heterocycles. The van der Waals surface area contributed by atoms with Gasteiger partial charge >= 0.3 is 0 Å². The molecule has 0 N–H and O–H groups in total. The first-order valence-corrected chi connectivity index (χ1v) is 6.10. The van der Waals surface area contributed by atoms with Gasteiger partial charge in [0.2, 0.25) is 11.7 Å². The van der Waals surface area contributed by atoms with E-state index in [1.54, 1.807) is 7.11 Å². The number of hydrogen-bond donors (Lipinski definition) is 0. The molecule has 1 rings (SSSR count). The summed E-state index contributed by atoms with van der Waals surface area (Å²) < 4.78 is 10.6. The molecule has 0 radical (unpaired) electrons. The van der Waals surface area contributed by atoms with Crippen molar-refractivity contribution in [1.82, 2.24) is 10.1 Å². The summed E-state index contributed by atoms with van der Waals surface area (Å²) in [4.78, 5) is 4.36. The van der Waals surface area contributed by atoms with Crippen LogP contribution in [0.25, 0.3) is 0 Å². The lowest BCUT2D eigenvalue weighted by atomic mass is 9.88. The van der Waals surface area contributed by atoms with Crippen LogP contribution in [-0.4, -0.2) is 17.3 Å². The topological polar surface area (TPSA) is 71.9 Å². The smallest absolute Gasteiger partial charge is 0.227 e. The molecule has 1 aromatic rings. The minimum atomic E-state index is -0.193. The lowest BCUT2D eigenvalue weighted by Crippen LogP contribution is -2.21. The molecule has 0 spiro atoms. The van der Waals surface area contributed by atoms with Gasteiger partial charge in [-0.3, -0.25) is 0 Å². The fraction of sp³-hybridized carbons (Fsp3) is 0.769. The molecule has 0 aliphatic heterocycles. The molecule has 0 amide bonds. The summed E-state index contributed by atoms with van der Waals surface area (Å²) >= 11 is 0. The van der Waals surface area contributed by atoms with Gasteiger partial charge in [0.15, 0.2) is 0 Å². The summed E-state index contributed by atoms with van der Waals surface area (Å²) in [5.41, 5.74) is -0.0891. The highest BCUT2D eigenvalue weighted by atomic mass is 16.5. The number of ether oxygens (including phenoxy) is 1. The predicted octanol–water partition coefficient (Wildman–Crippen LogP) is 2.90. The minimum Gasteiger partial charge on any atom is -0.373 e. The van der Waals surface area contributed by atoms with Crippen molar-refractivity contribution in [1.29, 1.82) is 5.26 Å². The summed E-state index contributed by atoms with van der Waals surface area (Å²) in [5.74, 6) is 1.36. The molecule has 0 fully saturated rings. The molecule has 1 aromatic heterocycles. The monoisotopic (exact) mass is 251 g/mol. The normalized spacial score (nSPS) is 15.1. The first-order valence-electron chi connectivity index (χ1n) is 6.10. The van der Waals surface area contributed by atoms with Gasteiger partial charge in [0.05, 0.1) is 6.07 Å². The van der Waals surface area contributed by atoms with Gasteiger partial charge in [-0.1, -0.05) is 32.9 Å². The molecular weight excluding hydrogens is 230 g/mol. The van der Waals surface area contributed by atoms with Crippen LogP contribution in [0.3, 0.4) is 0 Å². The summed E-state index contributed by atoms with van der Waals surface area (Å²) in [6.07, 6.45) is 0.924. The van der Waals surface area contributed by atoms with Crippen LogP contribution in [0.5, 0.6) is 0 Å². The standard InChI is InChI=1S/C13H21N3O2/c1-9(6-7-14)8-10-15-12(16-18-10)11(17-5)13(2,3)4/h9,11H,6,8H2,1-5H3. The van der Waals surface area contributed by atoms with E-state index in [4.69, 9.17) is 14.5 Å². The van der Waals surface area contributed by atoms with Crippen molar-refractivity contribution in [3.8, 4) is 6.07 Å². The zero-order valence-electron chi connectivity index (χ0n) is 11.7. The molecule has 100 valence electrons. The number of aromatic nitrogens is 2. The highest BCUT2D eigenvalue weighted by molar-refractivity contribution is 4.97. The predicted molar refractivity (Wildman–Crippen MR) is 66.6 cm³/mol. The van der Waals surface area contributed by atoms with Crippen LogP contribution in [0.15, 0.2) is 4.52 Å². The largest absolute Gasteiger partial charge is 0.373 e. The Morgan fingerprint density at radius 2 is 2.11 bits per heavy atom. The Morgan fingerprint density at radius 1 is 1.44 bits per heavy atom. The zero-order valence-corrected chi connectivity index (χ0v) is 11.7. The quantitative estimate of drug-likeness (QED) is 0.804. The van der Waals surface area contributed by atoms with E-state index in [0.717, 1.165) is 0 Å². The minimum absolute atomic E-state index is 0.0891. The van der Waals surface area contributed by atoms with Crippen LogP contribution >= 0.6 is 0 Å². The Morgan fingerprint density at radius 3 is 2.61 bits per heavy atom. The number of hydrogen-bond acceptors (Lipinski definition) is 5. The molecule has 0 saturated carbocycles. The van der Waals surface area contributed by atoms with E-state index in [0.29, 0.717) is 24.6 Å². The van der Waals surface area contributed by atoms with E-state index < -0.39 is 0 Å². The molecule has 0 aliphatic carbocycles. The maximum absolute atomic E-state index is 8.62. The van der Waals surface area contributed by atoms with Crippen LogP contribution < -0.4 is 0 Å². The first-order chi connectivity index (χ1) is 8.38. The second-order valence-corrected chi connectivity index (χ2v) is 5.70. The first kappa shape index (κ1) is 14.7. The summed E-state index contributed by atoms with van der Waals surface area (Å²) in [6.45, 7) is 8.19. The van der Waals surface area contributed by atoms with Crippen molar-refractivity contribution in [2.24, 2.45) is 11.3 Å². The Hall–Kier alpha value is -1.41. The van der Waals surface area contributed by atoms with Crippen molar-refractivity contribution in [2.45, 2.75) is 46.6 Å². The van der Waals surface area contributed by atoms with Gasteiger partial charge in [-0.15, -0.1) is 0 Å².